The second-order valence-corrected chi connectivity index (χ2v) is 6.95. The van der Waals surface area contributed by atoms with Crippen molar-refractivity contribution in [2.75, 3.05) is 13.1 Å². The van der Waals surface area contributed by atoms with Gasteiger partial charge in [0.15, 0.2) is 0 Å². The molecule has 0 fully saturated rings. The van der Waals surface area contributed by atoms with E-state index in [-0.39, 0.29) is 5.91 Å². The molecule has 0 spiro atoms. The number of nitrogens with zero attached hydrogens (tertiary/aromatic N) is 1. The first-order valence-electron chi connectivity index (χ1n) is 9.51. The summed E-state index contributed by atoms with van der Waals surface area (Å²) in [7, 11) is 0. The zero-order valence-electron chi connectivity index (χ0n) is 16.4. The molecule has 1 aromatic heterocycles. The van der Waals surface area contributed by atoms with Gasteiger partial charge in [0, 0.05) is 35.2 Å². The average Bonchev–Trinajstić information content (AvgIpc) is 2.99. The Kier molecular flexibility index (Phi) is 5.17. The van der Waals surface area contributed by atoms with E-state index in [4.69, 9.17) is 0 Å². The number of rotatable bonds is 5. The minimum atomic E-state index is 0.105. The zero-order valence-corrected chi connectivity index (χ0v) is 16.4. The van der Waals surface area contributed by atoms with Gasteiger partial charge in [0.05, 0.1) is 0 Å². The third kappa shape index (κ3) is 3.26. The van der Waals surface area contributed by atoms with E-state index in [0.717, 1.165) is 36.0 Å². The van der Waals surface area contributed by atoms with Crippen LogP contribution >= 0.6 is 0 Å². The van der Waals surface area contributed by atoms with Crippen molar-refractivity contribution in [3.05, 3.63) is 58.7 Å². The van der Waals surface area contributed by atoms with Crippen LogP contribution in [-0.2, 0) is 6.42 Å². The molecule has 3 heteroatoms. The molecule has 2 aromatic carbocycles. The van der Waals surface area contributed by atoms with Gasteiger partial charge in [0.25, 0.3) is 5.91 Å². The summed E-state index contributed by atoms with van der Waals surface area (Å²) < 4.78 is 0. The Bertz CT molecular complexity index is 928. The van der Waals surface area contributed by atoms with E-state index in [2.05, 4.69) is 50.0 Å². The molecule has 0 atom stereocenters. The van der Waals surface area contributed by atoms with Crippen LogP contribution < -0.4 is 0 Å². The first kappa shape index (κ1) is 18.2. The SMILES string of the molecule is CCc1c(-c2cc(C)cc(C)c2)[nH]c2ccc(C(=O)N(CC)CC)cc12. The number of fused-ring (bicyclic) bond motifs is 1. The second kappa shape index (κ2) is 7.36. The van der Waals surface area contributed by atoms with Gasteiger partial charge in [-0.2, -0.15) is 0 Å². The van der Waals surface area contributed by atoms with Crippen LogP contribution in [0.4, 0.5) is 0 Å². The first-order valence-corrected chi connectivity index (χ1v) is 9.51. The van der Waals surface area contributed by atoms with Crippen LogP contribution in [-0.4, -0.2) is 28.9 Å². The summed E-state index contributed by atoms with van der Waals surface area (Å²) in [4.78, 5) is 18.2. The normalized spacial score (nSPS) is 11.1. The summed E-state index contributed by atoms with van der Waals surface area (Å²) >= 11 is 0. The van der Waals surface area contributed by atoms with E-state index in [0.29, 0.717) is 0 Å². The number of hydrogen-bond acceptors (Lipinski definition) is 1. The molecule has 0 saturated carbocycles. The fourth-order valence-electron chi connectivity index (χ4n) is 3.81. The molecule has 0 saturated heterocycles. The molecular formula is C23H28N2O. The number of carbonyl (C=O) groups is 1. The van der Waals surface area contributed by atoms with Gasteiger partial charge in [-0.15, -0.1) is 0 Å². The van der Waals surface area contributed by atoms with Gasteiger partial charge in [-0.3, -0.25) is 4.79 Å². The van der Waals surface area contributed by atoms with E-state index in [1.165, 1.54) is 27.9 Å². The fourth-order valence-corrected chi connectivity index (χ4v) is 3.81. The summed E-state index contributed by atoms with van der Waals surface area (Å²) in [5.74, 6) is 0.105. The van der Waals surface area contributed by atoms with E-state index < -0.39 is 0 Å². The Hall–Kier alpha value is -2.55. The van der Waals surface area contributed by atoms with Gasteiger partial charge in [-0.1, -0.05) is 24.1 Å². The molecule has 0 aliphatic carbocycles. The van der Waals surface area contributed by atoms with Crippen LogP contribution in [0.25, 0.3) is 22.2 Å². The molecule has 3 aromatic rings. The third-order valence-corrected chi connectivity index (χ3v) is 5.07. The number of nitrogens with one attached hydrogen (secondary N) is 1. The number of carbonyl (C=O) groups excluding carboxylic acids is 1. The number of aryl methyl sites for hydroxylation is 3. The zero-order chi connectivity index (χ0) is 18.8. The highest BCUT2D eigenvalue weighted by molar-refractivity contribution is 6.00. The standard InChI is InChI=1S/C23H28N2O/c1-6-19-20-14-17(23(26)25(7-2)8-3)9-10-21(20)24-22(19)18-12-15(4)11-16(5)13-18/h9-14,24H,6-8H2,1-5H3. The lowest BCUT2D eigenvalue weighted by atomic mass is 9.99. The van der Waals surface area contributed by atoms with Crippen molar-refractivity contribution < 1.29 is 4.79 Å². The predicted octanol–water partition coefficient (Wildman–Crippen LogP) is 5.50. The van der Waals surface area contributed by atoms with E-state index >= 15 is 0 Å². The highest BCUT2D eigenvalue weighted by Crippen LogP contribution is 2.32. The summed E-state index contributed by atoms with van der Waals surface area (Å²) in [6.07, 6.45) is 0.922. The molecule has 0 radical (unpaired) electrons. The van der Waals surface area contributed by atoms with Crippen LogP contribution in [0.3, 0.4) is 0 Å². The monoisotopic (exact) mass is 348 g/mol. The van der Waals surface area contributed by atoms with E-state index in [1.807, 2.05) is 30.9 Å². The second-order valence-electron chi connectivity index (χ2n) is 6.95. The maximum atomic E-state index is 12.7. The lowest BCUT2D eigenvalue weighted by Crippen LogP contribution is -2.30. The molecule has 26 heavy (non-hydrogen) atoms. The van der Waals surface area contributed by atoms with Crippen molar-refractivity contribution in [1.82, 2.24) is 9.88 Å². The molecule has 136 valence electrons. The maximum absolute atomic E-state index is 12.7. The van der Waals surface area contributed by atoms with Gasteiger partial charge in [0.2, 0.25) is 0 Å². The molecule has 3 nitrogen and oxygen atoms in total. The van der Waals surface area contributed by atoms with Crippen LogP contribution in [0.2, 0.25) is 0 Å². The molecule has 3 rings (SSSR count). The Balaban J connectivity index is 2.14. The summed E-state index contributed by atoms with van der Waals surface area (Å²) in [6.45, 7) is 11.9. The quantitative estimate of drug-likeness (QED) is 0.649. The molecule has 0 aliphatic heterocycles. The Morgan fingerprint density at radius 1 is 0.962 bits per heavy atom. The Morgan fingerprint density at radius 2 is 1.62 bits per heavy atom. The molecular weight excluding hydrogens is 320 g/mol. The van der Waals surface area contributed by atoms with Crippen molar-refractivity contribution >= 4 is 16.8 Å². The number of H-pyrrole nitrogens is 1. The minimum absolute atomic E-state index is 0.105. The summed E-state index contributed by atoms with van der Waals surface area (Å²) in [5, 5.41) is 1.15. The summed E-state index contributed by atoms with van der Waals surface area (Å²) in [5.41, 5.74) is 8.04. The minimum Gasteiger partial charge on any atom is -0.354 e. The smallest absolute Gasteiger partial charge is 0.253 e. The van der Waals surface area contributed by atoms with Gasteiger partial charge in [-0.05, 0) is 75.6 Å². The highest BCUT2D eigenvalue weighted by atomic mass is 16.2. The number of hydrogen-bond donors (Lipinski definition) is 1. The topological polar surface area (TPSA) is 36.1 Å². The van der Waals surface area contributed by atoms with Crippen molar-refractivity contribution in [2.24, 2.45) is 0 Å². The third-order valence-electron chi connectivity index (χ3n) is 5.07. The van der Waals surface area contributed by atoms with Crippen LogP contribution in [0.1, 0.15) is 47.8 Å². The predicted molar refractivity (Wildman–Crippen MR) is 110 cm³/mol. The molecule has 1 heterocycles. The van der Waals surface area contributed by atoms with Crippen LogP contribution in [0.5, 0.6) is 0 Å². The number of benzene rings is 2. The van der Waals surface area contributed by atoms with Gasteiger partial charge < -0.3 is 9.88 Å². The van der Waals surface area contributed by atoms with Crippen LogP contribution in [0, 0.1) is 13.8 Å². The van der Waals surface area contributed by atoms with E-state index in [1.54, 1.807) is 0 Å². The maximum Gasteiger partial charge on any atom is 0.253 e. The van der Waals surface area contributed by atoms with Gasteiger partial charge >= 0.3 is 0 Å². The van der Waals surface area contributed by atoms with Crippen molar-refractivity contribution in [3.8, 4) is 11.3 Å². The highest BCUT2D eigenvalue weighted by Gasteiger charge is 2.17. The number of aromatic nitrogens is 1. The molecule has 0 unspecified atom stereocenters. The largest absolute Gasteiger partial charge is 0.354 e. The Labute approximate surface area is 156 Å². The number of aromatic amines is 1. The fraction of sp³-hybridized carbons (Fsp3) is 0.348. The Morgan fingerprint density at radius 3 is 2.19 bits per heavy atom. The lowest BCUT2D eigenvalue weighted by molar-refractivity contribution is 0.0773. The molecule has 1 amide bonds. The van der Waals surface area contributed by atoms with Crippen molar-refractivity contribution in [1.29, 1.82) is 0 Å². The average molecular weight is 348 g/mol. The van der Waals surface area contributed by atoms with Gasteiger partial charge in [-0.25, -0.2) is 0 Å². The molecule has 0 aliphatic rings. The van der Waals surface area contributed by atoms with E-state index in [9.17, 15) is 4.79 Å². The van der Waals surface area contributed by atoms with Crippen LogP contribution in [0.15, 0.2) is 36.4 Å². The van der Waals surface area contributed by atoms with Crippen molar-refractivity contribution in [3.63, 3.8) is 0 Å². The van der Waals surface area contributed by atoms with Crippen molar-refractivity contribution in [2.45, 2.75) is 41.0 Å². The molecule has 1 N–H and O–H groups in total. The number of amides is 1. The van der Waals surface area contributed by atoms with Gasteiger partial charge in [0.1, 0.15) is 0 Å². The summed E-state index contributed by atoms with van der Waals surface area (Å²) in [6, 6.07) is 12.7. The molecule has 0 bridgehead atoms. The first-order chi connectivity index (χ1) is 12.5. The lowest BCUT2D eigenvalue weighted by Gasteiger charge is -2.18.